The van der Waals surface area contributed by atoms with E-state index in [4.69, 9.17) is 22.1 Å². The van der Waals surface area contributed by atoms with Gasteiger partial charge in [0, 0.05) is 12.7 Å². The molecule has 0 aliphatic carbocycles. The summed E-state index contributed by atoms with van der Waals surface area (Å²) in [6.07, 6.45) is 1.49. The lowest BCUT2D eigenvalue weighted by Crippen LogP contribution is -2.02. The summed E-state index contributed by atoms with van der Waals surface area (Å²) in [5, 5.41) is -0.0162. The number of halogens is 2. The van der Waals surface area contributed by atoms with E-state index in [1.54, 1.807) is 12.1 Å². The van der Waals surface area contributed by atoms with Crippen LogP contribution in [0.5, 0.6) is 11.8 Å². The van der Waals surface area contributed by atoms with Crippen molar-refractivity contribution in [2.75, 3.05) is 0 Å². The molecular weight excluding hydrogens is 245 g/mol. The van der Waals surface area contributed by atoms with Crippen LogP contribution in [0.4, 0.5) is 4.39 Å². The molecule has 0 atom stereocenters. The van der Waals surface area contributed by atoms with Gasteiger partial charge in [-0.05, 0) is 18.2 Å². The third kappa shape index (κ3) is 2.69. The molecule has 0 spiro atoms. The molecule has 0 fully saturated rings. The molecule has 88 valence electrons. The monoisotopic (exact) mass is 253 g/mol. The Morgan fingerprint density at radius 2 is 2.18 bits per heavy atom. The third-order valence-corrected chi connectivity index (χ3v) is 2.31. The largest absolute Gasteiger partial charge is 0.421 e. The number of rotatable bonds is 3. The molecule has 1 aromatic carbocycles. The molecule has 0 aliphatic heterocycles. The molecule has 2 rings (SSSR count). The molecule has 1 aromatic heterocycles. The minimum Gasteiger partial charge on any atom is -0.421 e. The van der Waals surface area contributed by atoms with Crippen LogP contribution in [0, 0.1) is 5.82 Å². The molecule has 2 N–H and O–H groups in total. The molecule has 0 radical (unpaired) electrons. The summed E-state index contributed by atoms with van der Waals surface area (Å²) in [7, 11) is 0. The Bertz CT molecular complexity index is 536. The Morgan fingerprint density at radius 3 is 2.94 bits per heavy atom. The van der Waals surface area contributed by atoms with Gasteiger partial charge >= 0.3 is 6.01 Å². The normalized spacial score (nSPS) is 10.3. The summed E-state index contributed by atoms with van der Waals surface area (Å²) in [4.78, 5) is 7.84. The van der Waals surface area contributed by atoms with Crippen LogP contribution in [0.1, 0.15) is 5.69 Å². The first kappa shape index (κ1) is 11.8. The molecule has 0 saturated carbocycles. The molecular formula is C11H9ClFN3O. The van der Waals surface area contributed by atoms with Gasteiger partial charge in [0.1, 0.15) is 0 Å². The number of benzene rings is 1. The predicted octanol–water partition coefficient (Wildman–Crippen LogP) is 2.52. The van der Waals surface area contributed by atoms with Crippen molar-refractivity contribution in [2.45, 2.75) is 6.54 Å². The molecule has 0 unspecified atom stereocenters. The lowest BCUT2D eigenvalue weighted by atomic mass is 10.3. The lowest BCUT2D eigenvalue weighted by molar-refractivity contribution is 0.409. The number of aromatic nitrogens is 2. The maximum absolute atomic E-state index is 13.5. The maximum atomic E-state index is 13.5. The number of hydrogen-bond acceptors (Lipinski definition) is 4. The molecule has 0 amide bonds. The zero-order chi connectivity index (χ0) is 12.3. The van der Waals surface area contributed by atoms with Gasteiger partial charge in [-0.25, -0.2) is 9.37 Å². The highest BCUT2D eigenvalue weighted by molar-refractivity contribution is 6.30. The van der Waals surface area contributed by atoms with E-state index in [9.17, 15) is 4.39 Å². The summed E-state index contributed by atoms with van der Waals surface area (Å²) >= 11 is 5.62. The van der Waals surface area contributed by atoms with E-state index in [1.165, 1.54) is 18.3 Å². The fraction of sp³-hybridized carbons (Fsp3) is 0.0909. The lowest BCUT2D eigenvalue weighted by Gasteiger charge is -2.06. The smallest absolute Gasteiger partial charge is 0.322 e. The van der Waals surface area contributed by atoms with Gasteiger partial charge in [0.15, 0.2) is 11.6 Å². The zero-order valence-corrected chi connectivity index (χ0v) is 9.49. The quantitative estimate of drug-likeness (QED) is 0.913. The highest BCUT2D eigenvalue weighted by Gasteiger charge is 2.09. The summed E-state index contributed by atoms with van der Waals surface area (Å²) in [6, 6.07) is 6.14. The Balaban J connectivity index is 2.28. The fourth-order valence-electron chi connectivity index (χ4n) is 1.20. The number of nitrogens with two attached hydrogens (primary N) is 1. The van der Waals surface area contributed by atoms with Crippen molar-refractivity contribution in [3.05, 3.63) is 47.0 Å². The molecule has 4 nitrogen and oxygen atoms in total. The van der Waals surface area contributed by atoms with Crippen molar-refractivity contribution in [3.8, 4) is 11.8 Å². The van der Waals surface area contributed by atoms with Crippen LogP contribution in [0.15, 0.2) is 30.5 Å². The van der Waals surface area contributed by atoms with Gasteiger partial charge in [0.2, 0.25) is 0 Å². The molecule has 6 heteroatoms. The van der Waals surface area contributed by atoms with Gasteiger partial charge in [-0.3, -0.25) is 0 Å². The van der Waals surface area contributed by atoms with Crippen molar-refractivity contribution in [1.82, 2.24) is 9.97 Å². The molecule has 0 bridgehead atoms. The first-order valence-corrected chi connectivity index (χ1v) is 5.22. The Labute approximate surface area is 102 Å². The van der Waals surface area contributed by atoms with E-state index in [0.29, 0.717) is 5.69 Å². The van der Waals surface area contributed by atoms with E-state index < -0.39 is 5.82 Å². The second kappa shape index (κ2) is 5.07. The van der Waals surface area contributed by atoms with Crippen molar-refractivity contribution < 1.29 is 9.13 Å². The third-order valence-electron chi connectivity index (χ3n) is 2.02. The van der Waals surface area contributed by atoms with Crippen LogP contribution >= 0.6 is 11.6 Å². The topological polar surface area (TPSA) is 61.0 Å². The summed E-state index contributed by atoms with van der Waals surface area (Å²) in [5.41, 5.74) is 6.03. The minimum absolute atomic E-state index is 0.0162. The van der Waals surface area contributed by atoms with E-state index in [2.05, 4.69) is 9.97 Å². The van der Waals surface area contributed by atoms with Crippen LogP contribution in [0.3, 0.4) is 0 Å². The van der Waals surface area contributed by atoms with E-state index in [0.717, 1.165) is 0 Å². The van der Waals surface area contributed by atoms with Gasteiger partial charge < -0.3 is 10.5 Å². The minimum atomic E-state index is -0.643. The molecule has 2 aromatic rings. The maximum Gasteiger partial charge on any atom is 0.322 e. The second-order valence-corrected chi connectivity index (χ2v) is 3.60. The summed E-state index contributed by atoms with van der Waals surface area (Å²) < 4.78 is 18.7. The highest BCUT2D eigenvalue weighted by Crippen LogP contribution is 2.26. The van der Waals surface area contributed by atoms with E-state index in [1.807, 2.05) is 0 Å². The Hall–Kier alpha value is -1.72. The molecule has 0 aliphatic rings. The molecule has 1 heterocycles. The summed E-state index contributed by atoms with van der Waals surface area (Å²) in [5.74, 6) is -0.664. The van der Waals surface area contributed by atoms with Crippen molar-refractivity contribution in [3.63, 3.8) is 0 Å². The first-order chi connectivity index (χ1) is 8.20. The predicted molar refractivity (Wildman–Crippen MR) is 61.4 cm³/mol. The second-order valence-electron chi connectivity index (χ2n) is 3.19. The van der Waals surface area contributed by atoms with E-state index in [-0.39, 0.29) is 23.3 Å². The number of nitrogens with zero attached hydrogens (tertiary/aromatic N) is 2. The van der Waals surface area contributed by atoms with Gasteiger partial charge in [0.25, 0.3) is 0 Å². The van der Waals surface area contributed by atoms with Crippen molar-refractivity contribution >= 4 is 11.6 Å². The molecule has 17 heavy (non-hydrogen) atoms. The van der Waals surface area contributed by atoms with Crippen LogP contribution in [0.2, 0.25) is 5.02 Å². The van der Waals surface area contributed by atoms with Gasteiger partial charge in [-0.1, -0.05) is 17.7 Å². The van der Waals surface area contributed by atoms with Gasteiger partial charge in [-0.2, -0.15) is 4.98 Å². The number of ether oxygens (including phenoxy) is 1. The average Bonchev–Trinajstić information content (AvgIpc) is 2.35. The highest BCUT2D eigenvalue weighted by atomic mass is 35.5. The van der Waals surface area contributed by atoms with Gasteiger partial charge in [0.05, 0.1) is 10.7 Å². The van der Waals surface area contributed by atoms with Gasteiger partial charge in [-0.15, -0.1) is 0 Å². The summed E-state index contributed by atoms with van der Waals surface area (Å²) in [6.45, 7) is 0.261. The van der Waals surface area contributed by atoms with E-state index >= 15 is 0 Å². The standard InChI is InChI=1S/C11H9ClFN3O/c12-8-2-1-3-9(10(8)13)17-11-15-5-4-7(6-14)16-11/h1-5H,6,14H2. The van der Waals surface area contributed by atoms with Crippen molar-refractivity contribution in [1.29, 1.82) is 0 Å². The Kier molecular flexibility index (Phi) is 3.51. The average molecular weight is 254 g/mol. The van der Waals surface area contributed by atoms with Crippen molar-refractivity contribution in [2.24, 2.45) is 5.73 Å². The van der Waals surface area contributed by atoms with Crippen LogP contribution < -0.4 is 10.5 Å². The fourth-order valence-corrected chi connectivity index (χ4v) is 1.37. The zero-order valence-electron chi connectivity index (χ0n) is 8.73. The Morgan fingerprint density at radius 1 is 1.35 bits per heavy atom. The van der Waals surface area contributed by atoms with Crippen LogP contribution in [0.25, 0.3) is 0 Å². The van der Waals surface area contributed by atoms with Crippen LogP contribution in [-0.4, -0.2) is 9.97 Å². The molecule has 0 saturated heterocycles. The SMILES string of the molecule is NCc1ccnc(Oc2cccc(Cl)c2F)n1. The van der Waals surface area contributed by atoms with Crippen LogP contribution in [-0.2, 0) is 6.54 Å². The first-order valence-electron chi connectivity index (χ1n) is 4.84. The number of hydrogen-bond donors (Lipinski definition) is 1.